The van der Waals surface area contributed by atoms with Gasteiger partial charge in [-0.15, -0.1) is 0 Å². The van der Waals surface area contributed by atoms with Crippen LogP contribution in [0.15, 0.2) is 36.7 Å². The predicted octanol–water partition coefficient (Wildman–Crippen LogP) is 2.56. The molecule has 0 N–H and O–H groups in total. The molecule has 0 amide bonds. The highest BCUT2D eigenvalue weighted by molar-refractivity contribution is 5.75. The summed E-state index contributed by atoms with van der Waals surface area (Å²) in [5, 5.41) is 0. The molecule has 0 radical (unpaired) electrons. The fourth-order valence-electron chi connectivity index (χ4n) is 1.89. The molecule has 1 aliphatic rings. The van der Waals surface area contributed by atoms with Gasteiger partial charge < -0.3 is 4.57 Å². The first-order valence-electron chi connectivity index (χ1n) is 5.47. The molecular formula is C13H12N2O. The van der Waals surface area contributed by atoms with E-state index >= 15 is 0 Å². The van der Waals surface area contributed by atoms with Crippen molar-refractivity contribution >= 4 is 6.29 Å². The lowest BCUT2D eigenvalue weighted by Crippen LogP contribution is -1.98. The van der Waals surface area contributed by atoms with E-state index in [1.165, 1.54) is 12.8 Å². The molecule has 2 aromatic rings. The zero-order valence-corrected chi connectivity index (χ0v) is 8.84. The molecule has 1 heterocycles. The van der Waals surface area contributed by atoms with Crippen LogP contribution < -0.4 is 0 Å². The third kappa shape index (κ3) is 1.54. The van der Waals surface area contributed by atoms with Crippen molar-refractivity contribution in [2.75, 3.05) is 0 Å². The Morgan fingerprint density at radius 3 is 2.62 bits per heavy atom. The van der Waals surface area contributed by atoms with E-state index in [1.54, 1.807) is 0 Å². The Balaban J connectivity index is 2.00. The van der Waals surface area contributed by atoms with E-state index in [0.717, 1.165) is 17.8 Å². The van der Waals surface area contributed by atoms with Gasteiger partial charge in [-0.3, -0.25) is 4.79 Å². The molecule has 3 rings (SSSR count). The normalized spacial score (nSPS) is 15.0. The van der Waals surface area contributed by atoms with Crippen LogP contribution in [0.4, 0.5) is 0 Å². The second-order valence-electron chi connectivity index (χ2n) is 4.14. The van der Waals surface area contributed by atoms with Gasteiger partial charge in [-0.25, -0.2) is 4.98 Å². The summed E-state index contributed by atoms with van der Waals surface area (Å²) in [5.41, 5.74) is 1.78. The Bertz CT molecular complexity index is 509. The summed E-state index contributed by atoms with van der Waals surface area (Å²) in [7, 11) is 0. The van der Waals surface area contributed by atoms with Crippen molar-refractivity contribution in [3.63, 3.8) is 0 Å². The number of rotatable bonds is 3. The summed E-state index contributed by atoms with van der Waals surface area (Å²) < 4.78 is 2.10. The summed E-state index contributed by atoms with van der Waals surface area (Å²) in [6, 6.07) is 7.58. The number of hydrogen-bond donors (Lipinski definition) is 0. The van der Waals surface area contributed by atoms with Crippen molar-refractivity contribution in [3.05, 3.63) is 48.0 Å². The van der Waals surface area contributed by atoms with Gasteiger partial charge in [-0.1, -0.05) is 0 Å². The average Bonchev–Trinajstić information content (AvgIpc) is 3.07. The van der Waals surface area contributed by atoms with Crippen LogP contribution in [0.3, 0.4) is 0 Å². The van der Waals surface area contributed by atoms with Gasteiger partial charge in [0, 0.05) is 29.6 Å². The second-order valence-corrected chi connectivity index (χ2v) is 4.14. The first kappa shape index (κ1) is 9.33. The number of imidazole rings is 1. The lowest BCUT2D eigenvalue weighted by Gasteiger charge is -2.06. The molecule has 0 unspecified atom stereocenters. The SMILES string of the molecule is O=Cc1ccc(-n2ccnc2C2CC2)cc1. The molecule has 80 valence electrons. The van der Waals surface area contributed by atoms with Gasteiger partial charge in [0.1, 0.15) is 12.1 Å². The Kier molecular flexibility index (Phi) is 2.10. The maximum absolute atomic E-state index is 10.6. The van der Waals surface area contributed by atoms with Crippen molar-refractivity contribution in [1.29, 1.82) is 0 Å². The first-order chi connectivity index (χ1) is 7.88. The van der Waals surface area contributed by atoms with E-state index in [-0.39, 0.29) is 0 Å². The molecule has 3 heteroatoms. The van der Waals surface area contributed by atoms with Crippen LogP contribution in [-0.4, -0.2) is 15.8 Å². The molecule has 0 atom stereocenters. The fourth-order valence-corrected chi connectivity index (χ4v) is 1.89. The van der Waals surface area contributed by atoms with Gasteiger partial charge in [0.15, 0.2) is 0 Å². The van der Waals surface area contributed by atoms with Gasteiger partial charge in [-0.05, 0) is 37.1 Å². The fraction of sp³-hybridized carbons (Fsp3) is 0.231. The van der Waals surface area contributed by atoms with Crippen molar-refractivity contribution in [2.45, 2.75) is 18.8 Å². The Morgan fingerprint density at radius 2 is 2.00 bits per heavy atom. The summed E-state index contributed by atoms with van der Waals surface area (Å²) in [6.45, 7) is 0. The lowest BCUT2D eigenvalue weighted by molar-refractivity contribution is 0.112. The van der Waals surface area contributed by atoms with E-state index in [0.29, 0.717) is 11.5 Å². The standard InChI is InChI=1S/C13H12N2O/c16-9-10-1-5-12(6-2-10)15-8-7-14-13(15)11-3-4-11/h1-2,5-9,11H,3-4H2. The molecule has 1 fully saturated rings. The highest BCUT2D eigenvalue weighted by Gasteiger charge is 2.28. The molecular weight excluding hydrogens is 200 g/mol. The van der Waals surface area contributed by atoms with Gasteiger partial charge in [0.05, 0.1) is 0 Å². The lowest BCUT2D eigenvalue weighted by atomic mass is 10.2. The van der Waals surface area contributed by atoms with Crippen molar-refractivity contribution in [2.24, 2.45) is 0 Å². The van der Waals surface area contributed by atoms with Gasteiger partial charge >= 0.3 is 0 Å². The van der Waals surface area contributed by atoms with Crippen LogP contribution in [0.5, 0.6) is 0 Å². The average molecular weight is 212 g/mol. The van der Waals surface area contributed by atoms with Crippen LogP contribution in [0.1, 0.15) is 34.9 Å². The topological polar surface area (TPSA) is 34.9 Å². The van der Waals surface area contributed by atoms with Gasteiger partial charge in [0.2, 0.25) is 0 Å². The molecule has 0 spiro atoms. The Labute approximate surface area is 93.7 Å². The third-order valence-corrected chi connectivity index (χ3v) is 2.92. The number of nitrogens with zero attached hydrogens (tertiary/aromatic N) is 2. The van der Waals surface area contributed by atoms with E-state index in [2.05, 4.69) is 9.55 Å². The van der Waals surface area contributed by atoms with Crippen LogP contribution >= 0.6 is 0 Å². The van der Waals surface area contributed by atoms with E-state index in [1.807, 2.05) is 36.7 Å². The molecule has 1 aromatic heterocycles. The number of benzene rings is 1. The number of carbonyl (C=O) groups excluding carboxylic acids is 1. The molecule has 1 aliphatic carbocycles. The van der Waals surface area contributed by atoms with Crippen LogP contribution in [0.2, 0.25) is 0 Å². The third-order valence-electron chi connectivity index (χ3n) is 2.92. The predicted molar refractivity (Wildman–Crippen MR) is 60.9 cm³/mol. The molecule has 3 nitrogen and oxygen atoms in total. The van der Waals surface area contributed by atoms with Crippen LogP contribution in [0.25, 0.3) is 5.69 Å². The van der Waals surface area contributed by atoms with E-state index in [4.69, 9.17) is 0 Å². The summed E-state index contributed by atoms with van der Waals surface area (Å²) in [6.07, 6.45) is 7.15. The highest BCUT2D eigenvalue weighted by Crippen LogP contribution is 2.39. The molecule has 16 heavy (non-hydrogen) atoms. The van der Waals surface area contributed by atoms with Crippen molar-refractivity contribution < 1.29 is 4.79 Å². The Morgan fingerprint density at radius 1 is 1.25 bits per heavy atom. The molecule has 1 aromatic carbocycles. The summed E-state index contributed by atoms with van der Waals surface area (Å²) in [5.74, 6) is 1.76. The zero-order chi connectivity index (χ0) is 11.0. The van der Waals surface area contributed by atoms with Gasteiger partial charge in [0.25, 0.3) is 0 Å². The van der Waals surface area contributed by atoms with Crippen LogP contribution in [0, 0.1) is 0 Å². The highest BCUT2D eigenvalue weighted by atomic mass is 16.1. The maximum Gasteiger partial charge on any atom is 0.150 e. The summed E-state index contributed by atoms with van der Waals surface area (Å²) in [4.78, 5) is 15.0. The second kappa shape index (κ2) is 3.59. The smallest absolute Gasteiger partial charge is 0.150 e. The van der Waals surface area contributed by atoms with E-state index < -0.39 is 0 Å². The molecule has 0 aliphatic heterocycles. The minimum Gasteiger partial charge on any atom is -0.304 e. The number of hydrogen-bond acceptors (Lipinski definition) is 2. The van der Waals surface area contributed by atoms with Gasteiger partial charge in [-0.2, -0.15) is 0 Å². The van der Waals surface area contributed by atoms with Crippen molar-refractivity contribution in [1.82, 2.24) is 9.55 Å². The zero-order valence-electron chi connectivity index (χ0n) is 8.84. The molecule has 0 bridgehead atoms. The van der Waals surface area contributed by atoms with E-state index in [9.17, 15) is 4.79 Å². The van der Waals surface area contributed by atoms with Crippen molar-refractivity contribution in [3.8, 4) is 5.69 Å². The number of carbonyl (C=O) groups is 1. The Hall–Kier alpha value is -1.90. The van der Waals surface area contributed by atoms with Crippen LogP contribution in [-0.2, 0) is 0 Å². The largest absolute Gasteiger partial charge is 0.304 e. The molecule has 1 saturated carbocycles. The summed E-state index contributed by atoms with van der Waals surface area (Å²) >= 11 is 0. The number of aromatic nitrogens is 2. The monoisotopic (exact) mass is 212 g/mol. The quantitative estimate of drug-likeness (QED) is 0.733. The number of aldehydes is 1. The first-order valence-corrected chi connectivity index (χ1v) is 5.47. The maximum atomic E-state index is 10.6. The molecule has 0 saturated heterocycles. The minimum atomic E-state index is 0.626. The minimum absolute atomic E-state index is 0.626.